The Hall–Kier alpha value is -2.49. The summed E-state index contributed by atoms with van der Waals surface area (Å²) in [6.07, 6.45) is 0. The smallest absolute Gasteiger partial charge is 0.339 e. The van der Waals surface area contributed by atoms with Crippen molar-refractivity contribution in [3.63, 3.8) is 0 Å². The van der Waals surface area contributed by atoms with E-state index in [4.69, 9.17) is 5.11 Å². The van der Waals surface area contributed by atoms with Gasteiger partial charge in [-0.1, -0.05) is 25.1 Å². The predicted molar refractivity (Wildman–Crippen MR) is 75.4 cm³/mol. The molecule has 2 aromatic rings. The molecule has 3 N–H and O–H groups in total. The molecule has 0 saturated carbocycles. The van der Waals surface area contributed by atoms with Crippen LogP contribution in [0, 0.1) is 6.92 Å². The number of aromatic carboxylic acids is 1. The highest BCUT2D eigenvalue weighted by molar-refractivity contribution is 5.91. The molecular formula is C16H16O4. The zero-order valence-corrected chi connectivity index (χ0v) is 11.3. The second-order valence-corrected chi connectivity index (χ2v) is 4.85. The SMILES string of the molecule is Cc1cc(C(C)c2ccc(O)cc2)cc(C(=O)O)c1O. The molecule has 0 amide bonds. The second-order valence-electron chi connectivity index (χ2n) is 4.85. The van der Waals surface area contributed by atoms with Crippen LogP contribution in [-0.2, 0) is 0 Å². The van der Waals surface area contributed by atoms with Crippen molar-refractivity contribution in [1.82, 2.24) is 0 Å². The maximum absolute atomic E-state index is 11.1. The molecule has 4 nitrogen and oxygen atoms in total. The summed E-state index contributed by atoms with van der Waals surface area (Å²) in [5.74, 6) is -1.19. The molecule has 0 aliphatic carbocycles. The summed E-state index contributed by atoms with van der Waals surface area (Å²) in [6.45, 7) is 3.62. The molecule has 0 saturated heterocycles. The van der Waals surface area contributed by atoms with E-state index < -0.39 is 5.97 Å². The lowest BCUT2D eigenvalue weighted by Crippen LogP contribution is -2.03. The molecule has 104 valence electrons. The Morgan fingerprint density at radius 2 is 1.65 bits per heavy atom. The van der Waals surface area contributed by atoms with Crippen LogP contribution in [0.5, 0.6) is 11.5 Å². The minimum atomic E-state index is -1.15. The van der Waals surface area contributed by atoms with Crippen molar-refractivity contribution in [3.8, 4) is 11.5 Å². The normalized spacial score (nSPS) is 12.1. The second kappa shape index (κ2) is 5.25. The zero-order valence-electron chi connectivity index (χ0n) is 11.3. The van der Waals surface area contributed by atoms with Crippen LogP contribution in [0.15, 0.2) is 36.4 Å². The van der Waals surface area contributed by atoms with Crippen LogP contribution >= 0.6 is 0 Å². The van der Waals surface area contributed by atoms with Crippen LogP contribution in [0.2, 0.25) is 0 Å². The number of carbonyl (C=O) groups is 1. The fourth-order valence-electron chi connectivity index (χ4n) is 2.18. The molecule has 0 fully saturated rings. The van der Waals surface area contributed by atoms with Crippen LogP contribution < -0.4 is 0 Å². The topological polar surface area (TPSA) is 77.8 Å². The minimum Gasteiger partial charge on any atom is -0.508 e. The fourth-order valence-corrected chi connectivity index (χ4v) is 2.18. The van der Waals surface area contributed by atoms with Crippen molar-refractivity contribution in [2.24, 2.45) is 0 Å². The molecule has 2 rings (SSSR count). The van der Waals surface area contributed by atoms with E-state index in [2.05, 4.69) is 0 Å². The summed E-state index contributed by atoms with van der Waals surface area (Å²) in [7, 11) is 0. The van der Waals surface area contributed by atoms with Gasteiger partial charge in [-0.3, -0.25) is 0 Å². The van der Waals surface area contributed by atoms with E-state index in [-0.39, 0.29) is 23.0 Å². The highest BCUT2D eigenvalue weighted by Gasteiger charge is 2.17. The van der Waals surface area contributed by atoms with E-state index in [1.165, 1.54) is 6.07 Å². The van der Waals surface area contributed by atoms with Crippen molar-refractivity contribution in [3.05, 3.63) is 58.7 Å². The first-order chi connectivity index (χ1) is 9.40. The van der Waals surface area contributed by atoms with Gasteiger partial charge in [-0.05, 0) is 41.8 Å². The van der Waals surface area contributed by atoms with Gasteiger partial charge in [0.25, 0.3) is 0 Å². The van der Waals surface area contributed by atoms with Crippen molar-refractivity contribution in [1.29, 1.82) is 0 Å². The van der Waals surface area contributed by atoms with Crippen molar-refractivity contribution in [2.75, 3.05) is 0 Å². The summed E-state index contributed by atoms with van der Waals surface area (Å²) in [6, 6.07) is 10.0. The van der Waals surface area contributed by atoms with Gasteiger partial charge in [0.05, 0.1) is 0 Å². The van der Waals surface area contributed by atoms with E-state index >= 15 is 0 Å². The lowest BCUT2D eigenvalue weighted by atomic mass is 9.90. The van der Waals surface area contributed by atoms with E-state index in [0.717, 1.165) is 11.1 Å². The van der Waals surface area contributed by atoms with E-state index in [1.54, 1.807) is 37.3 Å². The Kier molecular flexibility index (Phi) is 3.66. The number of hydrogen-bond donors (Lipinski definition) is 3. The number of carboxylic acids is 1. The van der Waals surface area contributed by atoms with E-state index in [0.29, 0.717) is 5.56 Å². The zero-order chi connectivity index (χ0) is 14.9. The minimum absolute atomic E-state index is 0.0343. The van der Waals surface area contributed by atoms with Crippen LogP contribution in [0.1, 0.15) is 39.9 Å². The van der Waals surface area contributed by atoms with Crippen molar-refractivity contribution in [2.45, 2.75) is 19.8 Å². The van der Waals surface area contributed by atoms with Crippen molar-refractivity contribution >= 4 is 5.97 Å². The van der Waals surface area contributed by atoms with Gasteiger partial charge in [0.2, 0.25) is 0 Å². The average Bonchev–Trinajstić information content (AvgIpc) is 2.41. The number of aromatic hydroxyl groups is 2. The third kappa shape index (κ3) is 2.59. The number of benzene rings is 2. The maximum atomic E-state index is 11.1. The molecule has 0 aromatic heterocycles. The number of carboxylic acid groups (broad SMARTS) is 1. The number of aryl methyl sites for hydroxylation is 1. The molecule has 1 unspecified atom stereocenters. The first kappa shape index (κ1) is 13.9. The van der Waals surface area contributed by atoms with Gasteiger partial charge in [-0.25, -0.2) is 4.79 Å². The third-order valence-corrected chi connectivity index (χ3v) is 3.45. The first-order valence-corrected chi connectivity index (χ1v) is 6.26. The van der Waals surface area contributed by atoms with Gasteiger partial charge in [0.1, 0.15) is 17.1 Å². The summed E-state index contributed by atoms with van der Waals surface area (Å²) < 4.78 is 0. The summed E-state index contributed by atoms with van der Waals surface area (Å²) in [5, 5.41) is 28.2. The molecule has 0 heterocycles. The number of rotatable bonds is 3. The van der Waals surface area contributed by atoms with E-state index in [1.807, 2.05) is 6.92 Å². The molecule has 1 atom stereocenters. The third-order valence-electron chi connectivity index (χ3n) is 3.45. The molecule has 0 bridgehead atoms. The van der Waals surface area contributed by atoms with Gasteiger partial charge in [-0.15, -0.1) is 0 Å². The number of phenols is 2. The predicted octanol–water partition coefficient (Wildman–Crippen LogP) is 3.26. The van der Waals surface area contributed by atoms with Gasteiger partial charge >= 0.3 is 5.97 Å². The lowest BCUT2D eigenvalue weighted by Gasteiger charge is -2.15. The van der Waals surface area contributed by atoms with E-state index in [9.17, 15) is 15.0 Å². The molecule has 0 radical (unpaired) electrons. The largest absolute Gasteiger partial charge is 0.508 e. The molecule has 20 heavy (non-hydrogen) atoms. The Labute approximate surface area is 116 Å². The molecule has 0 spiro atoms. The van der Waals surface area contributed by atoms with Gasteiger partial charge in [0.15, 0.2) is 0 Å². The Morgan fingerprint density at radius 3 is 2.20 bits per heavy atom. The van der Waals surface area contributed by atoms with Gasteiger partial charge in [-0.2, -0.15) is 0 Å². The monoisotopic (exact) mass is 272 g/mol. The first-order valence-electron chi connectivity index (χ1n) is 6.26. The lowest BCUT2D eigenvalue weighted by molar-refractivity contribution is 0.0693. The van der Waals surface area contributed by atoms with Crippen molar-refractivity contribution < 1.29 is 20.1 Å². The molecular weight excluding hydrogens is 256 g/mol. The summed E-state index contributed by atoms with van der Waals surface area (Å²) in [5.41, 5.74) is 2.21. The molecule has 0 aliphatic heterocycles. The fraction of sp³-hybridized carbons (Fsp3) is 0.188. The van der Waals surface area contributed by atoms with Gasteiger partial charge in [0, 0.05) is 5.92 Å². The summed E-state index contributed by atoms with van der Waals surface area (Å²) >= 11 is 0. The molecule has 2 aromatic carbocycles. The highest BCUT2D eigenvalue weighted by Crippen LogP contribution is 2.31. The standard InChI is InChI=1S/C16H16O4/c1-9-7-12(8-14(15(9)18)16(19)20)10(2)11-3-5-13(17)6-4-11/h3-8,10,17-18H,1-2H3,(H,19,20). The summed E-state index contributed by atoms with van der Waals surface area (Å²) in [4.78, 5) is 11.1. The van der Waals surface area contributed by atoms with Crippen LogP contribution in [0.4, 0.5) is 0 Å². The maximum Gasteiger partial charge on any atom is 0.339 e. The van der Waals surface area contributed by atoms with Crippen LogP contribution in [-0.4, -0.2) is 21.3 Å². The Balaban J connectivity index is 2.47. The quantitative estimate of drug-likeness (QED) is 0.801. The Bertz CT molecular complexity index is 644. The average molecular weight is 272 g/mol. The Morgan fingerprint density at radius 1 is 1.05 bits per heavy atom. The van der Waals surface area contributed by atoms with Crippen LogP contribution in [0.3, 0.4) is 0 Å². The number of hydrogen-bond acceptors (Lipinski definition) is 3. The molecule has 0 aliphatic rings. The van der Waals surface area contributed by atoms with Gasteiger partial charge < -0.3 is 15.3 Å². The number of phenolic OH excluding ortho intramolecular Hbond substituents is 1. The van der Waals surface area contributed by atoms with Crippen LogP contribution in [0.25, 0.3) is 0 Å². The highest BCUT2D eigenvalue weighted by atomic mass is 16.4. The molecule has 4 heteroatoms.